The first kappa shape index (κ1) is 20.6. The lowest BCUT2D eigenvalue weighted by molar-refractivity contribution is 0.102. The van der Waals surface area contributed by atoms with E-state index in [9.17, 15) is 4.79 Å². The molecule has 0 fully saturated rings. The predicted octanol–water partition coefficient (Wildman–Crippen LogP) is 5.47. The number of H-pyrrole nitrogens is 1. The Kier molecular flexibility index (Phi) is 5.22. The maximum Gasteiger partial charge on any atom is 0.273 e. The molecule has 0 aliphatic rings. The summed E-state index contributed by atoms with van der Waals surface area (Å²) >= 11 is 0. The standard InChI is InChI=1S/C26H24N4O3/c1-4-30-23-8-6-5-7-18(23)20-13-16(9-12-24(20)30)27-26(31)22-15-21(28-29-22)19-11-10-17(32-2)14-25(19)33-3/h5-15H,4H2,1-3H3,(H,27,31)(H,28,29). The number of fused-ring (bicyclic) bond motifs is 3. The molecule has 2 N–H and O–H groups in total. The number of aromatic amines is 1. The Balaban J connectivity index is 1.44. The predicted molar refractivity (Wildman–Crippen MR) is 130 cm³/mol. The number of ether oxygens (including phenoxy) is 2. The van der Waals surface area contributed by atoms with Gasteiger partial charge in [0.2, 0.25) is 0 Å². The average molecular weight is 441 g/mol. The van der Waals surface area contributed by atoms with Crippen LogP contribution >= 0.6 is 0 Å². The maximum absolute atomic E-state index is 12.9. The van der Waals surface area contributed by atoms with Crippen LogP contribution in [0.25, 0.3) is 33.1 Å². The third-order valence-electron chi connectivity index (χ3n) is 5.85. The van der Waals surface area contributed by atoms with Gasteiger partial charge in [-0.2, -0.15) is 5.10 Å². The Morgan fingerprint density at radius 2 is 1.79 bits per heavy atom. The largest absolute Gasteiger partial charge is 0.497 e. The van der Waals surface area contributed by atoms with E-state index in [0.29, 0.717) is 22.9 Å². The Bertz CT molecular complexity index is 1480. The van der Waals surface area contributed by atoms with E-state index >= 15 is 0 Å². The van der Waals surface area contributed by atoms with Crippen LogP contribution in [0.2, 0.25) is 0 Å². The van der Waals surface area contributed by atoms with E-state index in [1.165, 1.54) is 10.9 Å². The summed E-state index contributed by atoms with van der Waals surface area (Å²) < 4.78 is 13.0. The molecule has 0 bridgehead atoms. The summed E-state index contributed by atoms with van der Waals surface area (Å²) in [5, 5.41) is 12.4. The summed E-state index contributed by atoms with van der Waals surface area (Å²) in [6.07, 6.45) is 0. The molecule has 5 rings (SSSR count). The number of nitrogens with one attached hydrogen (secondary N) is 2. The Morgan fingerprint density at radius 1 is 0.970 bits per heavy atom. The third kappa shape index (κ3) is 3.57. The Morgan fingerprint density at radius 3 is 2.58 bits per heavy atom. The van der Waals surface area contributed by atoms with Gasteiger partial charge in [0, 0.05) is 45.7 Å². The zero-order valence-corrected chi connectivity index (χ0v) is 18.7. The van der Waals surface area contributed by atoms with E-state index in [0.717, 1.165) is 28.7 Å². The molecule has 0 saturated carbocycles. The quantitative estimate of drug-likeness (QED) is 0.367. The van der Waals surface area contributed by atoms with Crippen molar-refractivity contribution in [3.63, 3.8) is 0 Å². The summed E-state index contributed by atoms with van der Waals surface area (Å²) in [6.45, 7) is 3.01. The second-order valence-corrected chi connectivity index (χ2v) is 7.68. The lowest BCUT2D eigenvalue weighted by Gasteiger charge is -2.08. The second-order valence-electron chi connectivity index (χ2n) is 7.68. The smallest absolute Gasteiger partial charge is 0.273 e. The molecule has 166 valence electrons. The van der Waals surface area contributed by atoms with Crippen LogP contribution < -0.4 is 14.8 Å². The zero-order valence-electron chi connectivity index (χ0n) is 18.7. The van der Waals surface area contributed by atoms with Gasteiger partial charge in [0.25, 0.3) is 5.91 Å². The minimum atomic E-state index is -0.264. The third-order valence-corrected chi connectivity index (χ3v) is 5.85. The first-order valence-corrected chi connectivity index (χ1v) is 10.7. The lowest BCUT2D eigenvalue weighted by Crippen LogP contribution is -2.12. The summed E-state index contributed by atoms with van der Waals surface area (Å²) in [5.74, 6) is 1.04. The number of methoxy groups -OCH3 is 2. The summed E-state index contributed by atoms with van der Waals surface area (Å²) in [4.78, 5) is 12.9. The van der Waals surface area contributed by atoms with Crippen molar-refractivity contribution in [2.75, 3.05) is 19.5 Å². The molecule has 0 aliphatic heterocycles. The minimum absolute atomic E-state index is 0.264. The van der Waals surface area contributed by atoms with Crippen molar-refractivity contribution in [3.05, 3.63) is 72.4 Å². The fraction of sp³-hybridized carbons (Fsp3) is 0.154. The number of aromatic nitrogens is 3. The summed E-state index contributed by atoms with van der Waals surface area (Å²) in [6, 6.07) is 21.5. The van der Waals surface area contributed by atoms with Crippen molar-refractivity contribution in [1.82, 2.24) is 14.8 Å². The Hall–Kier alpha value is -4.26. The molecule has 0 atom stereocenters. The number of carbonyl (C=O) groups excluding carboxylic acids is 1. The number of hydrogen-bond acceptors (Lipinski definition) is 4. The van der Waals surface area contributed by atoms with E-state index in [1.54, 1.807) is 26.4 Å². The number of nitrogens with zero attached hydrogens (tertiary/aromatic N) is 2. The normalized spacial score (nSPS) is 11.1. The van der Waals surface area contributed by atoms with Gasteiger partial charge < -0.3 is 19.4 Å². The number of para-hydroxylation sites is 1. The number of amides is 1. The molecule has 5 aromatic rings. The van der Waals surface area contributed by atoms with Crippen molar-refractivity contribution >= 4 is 33.4 Å². The van der Waals surface area contributed by atoms with Crippen molar-refractivity contribution in [3.8, 4) is 22.8 Å². The first-order chi connectivity index (χ1) is 16.1. The van der Waals surface area contributed by atoms with Crippen LogP contribution in [0.1, 0.15) is 17.4 Å². The highest BCUT2D eigenvalue weighted by atomic mass is 16.5. The molecule has 0 spiro atoms. The number of hydrogen-bond donors (Lipinski definition) is 2. The van der Waals surface area contributed by atoms with Gasteiger partial charge in [-0.25, -0.2) is 0 Å². The molecule has 0 radical (unpaired) electrons. The van der Waals surface area contributed by atoms with Gasteiger partial charge in [-0.15, -0.1) is 0 Å². The number of anilines is 1. The van der Waals surface area contributed by atoms with Gasteiger partial charge >= 0.3 is 0 Å². The van der Waals surface area contributed by atoms with Gasteiger partial charge in [0.15, 0.2) is 0 Å². The maximum atomic E-state index is 12.9. The molecule has 0 saturated heterocycles. The fourth-order valence-electron chi connectivity index (χ4n) is 4.26. The highest BCUT2D eigenvalue weighted by Gasteiger charge is 2.16. The SMILES string of the molecule is CCn1c2ccccc2c2cc(NC(=O)c3cc(-c4ccc(OC)cc4OC)n[nH]3)ccc21. The van der Waals surface area contributed by atoms with E-state index in [1.807, 2.05) is 36.4 Å². The average Bonchev–Trinajstić information content (AvgIpc) is 3.46. The van der Waals surface area contributed by atoms with Crippen LogP contribution in [-0.2, 0) is 6.54 Å². The number of carbonyl (C=O) groups is 1. The first-order valence-electron chi connectivity index (χ1n) is 10.7. The van der Waals surface area contributed by atoms with E-state index in [-0.39, 0.29) is 5.91 Å². The van der Waals surface area contributed by atoms with Gasteiger partial charge in [0.1, 0.15) is 17.2 Å². The van der Waals surface area contributed by atoms with Crippen molar-refractivity contribution < 1.29 is 14.3 Å². The molecule has 7 heteroatoms. The molecular weight excluding hydrogens is 416 g/mol. The van der Waals surface area contributed by atoms with E-state index in [4.69, 9.17) is 9.47 Å². The van der Waals surface area contributed by atoms with Crippen LogP contribution in [-0.4, -0.2) is 34.9 Å². The summed E-state index contributed by atoms with van der Waals surface area (Å²) in [5.41, 5.74) is 4.80. The second kappa shape index (κ2) is 8.35. The van der Waals surface area contributed by atoms with E-state index in [2.05, 4.69) is 45.2 Å². The van der Waals surface area contributed by atoms with Gasteiger partial charge in [0.05, 0.1) is 19.9 Å². The topological polar surface area (TPSA) is 81.2 Å². The van der Waals surface area contributed by atoms with Crippen molar-refractivity contribution in [2.24, 2.45) is 0 Å². The fourth-order valence-corrected chi connectivity index (χ4v) is 4.26. The number of benzene rings is 3. The van der Waals surface area contributed by atoms with Gasteiger partial charge in [-0.3, -0.25) is 9.89 Å². The highest BCUT2D eigenvalue weighted by Crippen LogP contribution is 2.33. The minimum Gasteiger partial charge on any atom is -0.497 e. The van der Waals surface area contributed by atoms with E-state index < -0.39 is 0 Å². The van der Waals surface area contributed by atoms with Crippen LogP contribution in [0.4, 0.5) is 5.69 Å². The monoisotopic (exact) mass is 440 g/mol. The van der Waals surface area contributed by atoms with Gasteiger partial charge in [-0.1, -0.05) is 18.2 Å². The summed E-state index contributed by atoms with van der Waals surface area (Å²) in [7, 11) is 3.19. The highest BCUT2D eigenvalue weighted by molar-refractivity contribution is 6.11. The lowest BCUT2D eigenvalue weighted by atomic mass is 10.1. The van der Waals surface area contributed by atoms with Crippen molar-refractivity contribution in [1.29, 1.82) is 0 Å². The van der Waals surface area contributed by atoms with Crippen LogP contribution in [0.15, 0.2) is 66.7 Å². The molecule has 2 heterocycles. The van der Waals surface area contributed by atoms with Gasteiger partial charge in [-0.05, 0) is 49.4 Å². The molecule has 0 aliphatic carbocycles. The Labute approximate surface area is 190 Å². The van der Waals surface area contributed by atoms with Crippen LogP contribution in [0.3, 0.4) is 0 Å². The molecule has 33 heavy (non-hydrogen) atoms. The zero-order chi connectivity index (χ0) is 22.9. The molecule has 3 aromatic carbocycles. The molecule has 2 aromatic heterocycles. The molecule has 1 amide bonds. The van der Waals surface area contributed by atoms with Crippen LogP contribution in [0, 0.1) is 0 Å². The van der Waals surface area contributed by atoms with Crippen molar-refractivity contribution in [2.45, 2.75) is 13.5 Å². The molecular formula is C26H24N4O3. The number of rotatable bonds is 6. The number of aryl methyl sites for hydroxylation is 1. The molecule has 0 unspecified atom stereocenters. The molecule has 7 nitrogen and oxygen atoms in total. The van der Waals surface area contributed by atoms with Crippen LogP contribution in [0.5, 0.6) is 11.5 Å².